The van der Waals surface area contributed by atoms with Crippen molar-refractivity contribution in [2.45, 2.75) is 33.2 Å². The van der Waals surface area contributed by atoms with Crippen LogP contribution in [0.3, 0.4) is 0 Å². The predicted molar refractivity (Wildman–Crippen MR) is 75.5 cm³/mol. The number of aromatic nitrogens is 2. The van der Waals surface area contributed by atoms with Crippen LogP contribution in [0.1, 0.15) is 38.8 Å². The van der Waals surface area contributed by atoms with Gasteiger partial charge in [0.1, 0.15) is 0 Å². The SMILES string of the molecule is CC(C)(C)CC(Nc1cn[nH]c1)c1ccccc1. The molecule has 3 heteroatoms. The zero-order valence-electron chi connectivity index (χ0n) is 11.3. The van der Waals surface area contributed by atoms with Gasteiger partial charge in [-0.15, -0.1) is 0 Å². The third-order valence-electron chi connectivity index (χ3n) is 2.86. The van der Waals surface area contributed by atoms with Gasteiger partial charge in [0.25, 0.3) is 0 Å². The number of H-pyrrole nitrogens is 1. The first-order valence-electron chi connectivity index (χ1n) is 6.35. The van der Waals surface area contributed by atoms with Crippen LogP contribution in [0.4, 0.5) is 5.69 Å². The molecular weight excluding hydrogens is 222 g/mol. The number of anilines is 1. The van der Waals surface area contributed by atoms with Gasteiger partial charge >= 0.3 is 0 Å². The van der Waals surface area contributed by atoms with Gasteiger partial charge in [-0.25, -0.2) is 0 Å². The Hall–Kier alpha value is -1.77. The van der Waals surface area contributed by atoms with E-state index in [2.05, 4.69) is 66.6 Å². The van der Waals surface area contributed by atoms with Crippen LogP contribution < -0.4 is 5.32 Å². The van der Waals surface area contributed by atoms with Crippen molar-refractivity contribution >= 4 is 5.69 Å². The average Bonchev–Trinajstić information content (AvgIpc) is 2.80. The fraction of sp³-hybridized carbons (Fsp3) is 0.400. The molecule has 2 rings (SSSR count). The van der Waals surface area contributed by atoms with Crippen molar-refractivity contribution in [3.8, 4) is 0 Å². The second-order valence-corrected chi connectivity index (χ2v) is 5.86. The summed E-state index contributed by atoms with van der Waals surface area (Å²) >= 11 is 0. The second-order valence-electron chi connectivity index (χ2n) is 5.86. The highest BCUT2D eigenvalue weighted by Crippen LogP contribution is 2.31. The van der Waals surface area contributed by atoms with Crippen molar-refractivity contribution in [2.75, 3.05) is 5.32 Å². The molecule has 1 aromatic carbocycles. The van der Waals surface area contributed by atoms with E-state index in [1.165, 1.54) is 5.56 Å². The Kier molecular flexibility index (Phi) is 3.70. The van der Waals surface area contributed by atoms with Crippen molar-refractivity contribution in [3.63, 3.8) is 0 Å². The molecule has 0 spiro atoms. The summed E-state index contributed by atoms with van der Waals surface area (Å²) in [5.41, 5.74) is 2.62. The molecule has 0 fully saturated rings. The van der Waals surface area contributed by atoms with Crippen molar-refractivity contribution in [2.24, 2.45) is 5.41 Å². The Morgan fingerprint density at radius 1 is 1.22 bits per heavy atom. The molecule has 0 aliphatic carbocycles. The van der Waals surface area contributed by atoms with E-state index in [-0.39, 0.29) is 5.41 Å². The van der Waals surface area contributed by atoms with Crippen LogP contribution in [-0.2, 0) is 0 Å². The fourth-order valence-corrected chi connectivity index (χ4v) is 2.08. The summed E-state index contributed by atoms with van der Waals surface area (Å²) in [5.74, 6) is 0. The van der Waals surface area contributed by atoms with Gasteiger partial charge in [0.2, 0.25) is 0 Å². The van der Waals surface area contributed by atoms with E-state index in [9.17, 15) is 0 Å². The van der Waals surface area contributed by atoms with E-state index < -0.39 is 0 Å². The number of nitrogens with zero attached hydrogens (tertiary/aromatic N) is 1. The highest BCUT2D eigenvalue weighted by atomic mass is 15.1. The van der Waals surface area contributed by atoms with E-state index in [1.54, 1.807) is 0 Å². The summed E-state index contributed by atoms with van der Waals surface area (Å²) in [6.07, 6.45) is 4.78. The number of benzene rings is 1. The molecule has 18 heavy (non-hydrogen) atoms. The Labute approximate surface area is 109 Å². The van der Waals surface area contributed by atoms with Gasteiger partial charge < -0.3 is 5.32 Å². The predicted octanol–water partition coefficient (Wildman–Crippen LogP) is 4.00. The maximum atomic E-state index is 3.98. The van der Waals surface area contributed by atoms with Crippen molar-refractivity contribution in [1.82, 2.24) is 10.2 Å². The molecule has 3 nitrogen and oxygen atoms in total. The standard InChI is InChI=1S/C15H21N3/c1-15(2,3)9-14(12-7-5-4-6-8-12)18-13-10-16-17-11-13/h4-8,10-11,14,18H,9H2,1-3H3,(H,16,17). The molecule has 2 N–H and O–H groups in total. The number of nitrogens with one attached hydrogen (secondary N) is 2. The van der Waals surface area contributed by atoms with Gasteiger partial charge in [0.05, 0.1) is 17.9 Å². The van der Waals surface area contributed by atoms with Crippen LogP contribution in [-0.4, -0.2) is 10.2 Å². The molecule has 1 aromatic heterocycles. The fourth-order valence-electron chi connectivity index (χ4n) is 2.08. The molecular formula is C15H21N3. The highest BCUT2D eigenvalue weighted by Gasteiger charge is 2.20. The molecule has 2 aromatic rings. The topological polar surface area (TPSA) is 40.7 Å². The first-order chi connectivity index (χ1) is 8.54. The molecule has 0 aliphatic heterocycles. The molecule has 1 unspecified atom stereocenters. The third-order valence-corrected chi connectivity index (χ3v) is 2.86. The molecule has 0 amide bonds. The van der Waals surface area contributed by atoms with Gasteiger partial charge in [-0.3, -0.25) is 5.10 Å². The normalized spacial score (nSPS) is 13.3. The van der Waals surface area contributed by atoms with Crippen molar-refractivity contribution < 1.29 is 0 Å². The van der Waals surface area contributed by atoms with E-state index in [1.807, 2.05) is 12.4 Å². The molecule has 0 saturated carbocycles. The average molecular weight is 243 g/mol. The van der Waals surface area contributed by atoms with Crippen LogP contribution in [0.5, 0.6) is 0 Å². The zero-order valence-corrected chi connectivity index (χ0v) is 11.3. The number of rotatable bonds is 4. The third kappa shape index (κ3) is 3.62. The van der Waals surface area contributed by atoms with Gasteiger partial charge in [0, 0.05) is 6.20 Å². The zero-order chi connectivity index (χ0) is 13.0. The lowest BCUT2D eigenvalue weighted by Crippen LogP contribution is -2.18. The summed E-state index contributed by atoms with van der Waals surface area (Å²) in [5, 5.41) is 10.4. The molecule has 0 saturated heterocycles. The highest BCUT2D eigenvalue weighted by molar-refractivity contribution is 5.41. The summed E-state index contributed by atoms with van der Waals surface area (Å²) in [4.78, 5) is 0. The molecule has 0 radical (unpaired) electrons. The second kappa shape index (κ2) is 5.25. The van der Waals surface area contributed by atoms with Crippen LogP contribution in [0.15, 0.2) is 42.7 Å². The summed E-state index contributed by atoms with van der Waals surface area (Å²) < 4.78 is 0. The van der Waals surface area contributed by atoms with E-state index in [0.29, 0.717) is 6.04 Å². The lowest BCUT2D eigenvalue weighted by Gasteiger charge is -2.27. The molecule has 0 bridgehead atoms. The number of hydrogen-bond acceptors (Lipinski definition) is 2. The summed E-state index contributed by atoms with van der Waals surface area (Å²) in [6.45, 7) is 6.79. The van der Waals surface area contributed by atoms with Crippen LogP contribution in [0.2, 0.25) is 0 Å². The van der Waals surface area contributed by atoms with Gasteiger partial charge in [0.15, 0.2) is 0 Å². The minimum Gasteiger partial charge on any atom is -0.376 e. The van der Waals surface area contributed by atoms with Crippen LogP contribution >= 0.6 is 0 Å². The van der Waals surface area contributed by atoms with Gasteiger partial charge in [-0.1, -0.05) is 51.1 Å². The maximum absolute atomic E-state index is 3.98. The van der Waals surface area contributed by atoms with E-state index in [4.69, 9.17) is 0 Å². The van der Waals surface area contributed by atoms with Crippen LogP contribution in [0, 0.1) is 5.41 Å². The van der Waals surface area contributed by atoms with E-state index >= 15 is 0 Å². The summed E-state index contributed by atoms with van der Waals surface area (Å²) in [6, 6.07) is 10.9. The molecule has 0 aliphatic rings. The Bertz CT molecular complexity index is 454. The van der Waals surface area contributed by atoms with Gasteiger partial charge in [-0.2, -0.15) is 5.10 Å². The largest absolute Gasteiger partial charge is 0.376 e. The van der Waals surface area contributed by atoms with Gasteiger partial charge in [-0.05, 0) is 17.4 Å². The first kappa shape index (κ1) is 12.7. The number of hydrogen-bond donors (Lipinski definition) is 2. The lowest BCUT2D eigenvalue weighted by atomic mass is 9.85. The Balaban J connectivity index is 2.18. The quantitative estimate of drug-likeness (QED) is 0.852. The molecule has 1 heterocycles. The summed E-state index contributed by atoms with van der Waals surface area (Å²) in [7, 11) is 0. The minimum atomic E-state index is 0.275. The van der Waals surface area contributed by atoms with E-state index in [0.717, 1.165) is 12.1 Å². The smallest absolute Gasteiger partial charge is 0.0728 e. The number of aromatic amines is 1. The Morgan fingerprint density at radius 2 is 1.94 bits per heavy atom. The minimum absolute atomic E-state index is 0.275. The first-order valence-corrected chi connectivity index (χ1v) is 6.35. The van der Waals surface area contributed by atoms with Crippen molar-refractivity contribution in [3.05, 3.63) is 48.3 Å². The molecule has 1 atom stereocenters. The Morgan fingerprint density at radius 3 is 2.50 bits per heavy atom. The van der Waals surface area contributed by atoms with Crippen molar-refractivity contribution in [1.29, 1.82) is 0 Å². The molecule has 96 valence electrons. The lowest BCUT2D eigenvalue weighted by molar-refractivity contribution is 0.352. The van der Waals surface area contributed by atoms with Crippen LogP contribution in [0.25, 0.3) is 0 Å². The maximum Gasteiger partial charge on any atom is 0.0728 e. The monoisotopic (exact) mass is 243 g/mol.